The van der Waals surface area contributed by atoms with E-state index < -0.39 is 0 Å². The molecule has 1 aliphatic rings. The van der Waals surface area contributed by atoms with Gasteiger partial charge in [-0.2, -0.15) is 0 Å². The molecule has 0 aliphatic carbocycles. The predicted octanol–water partition coefficient (Wildman–Crippen LogP) is 2.62. The average Bonchev–Trinajstić information content (AvgIpc) is 2.82. The third-order valence-corrected chi connectivity index (χ3v) is 2.79. The van der Waals surface area contributed by atoms with Gasteiger partial charge in [0.1, 0.15) is 12.4 Å². The molecule has 1 N–H and O–H groups in total. The Labute approximate surface area is 93.8 Å². The molecule has 3 heteroatoms. The number of hydrogen-bond donors (Lipinski definition) is 1. The number of hydrogen-bond acceptors (Lipinski definition) is 2. The number of H-pyrrole nitrogens is 1. The number of fused-ring (bicyclic) bond motifs is 1. The van der Waals surface area contributed by atoms with Crippen molar-refractivity contribution in [2.45, 2.75) is 6.92 Å². The second-order valence-electron chi connectivity index (χ2n) is 3.91. The van der Waals surface area contributed by atoms with Crippen molar-refractivity contribution in [3.63, 3.8) is 0 Å². The van der Waals surface area contributed by atoms with Crippen molar-refractivity contribution in [3.8, 4) is 5.75 Å². The van der Waals surface area contributed by atoms with E-state index in [0.717, 1.165) is 17.0 Å². The number of ether oxygens (including phenoxy) is 1. The number of rotatable bonds is 1. The van der Waals surface area contributed by atoms with Crippen LogP contribution in [0.1, 0.15) is 18.2 Å². The van der Waals surface area contributed by atoms with Gasteiger partial charge in [0.05, 0.1) is 18.2 Å². The quantitative estimate of drug-likeness (QED) is 0.789. The molecule has 0 amide bonds. The first kappa shape index (κ1) is 9.21. The van der Waals surface area contributed by atoms with Gasteiger partial charge in [-0.25, -0.2) is 4.98 Å². The summed E-state index contributed by atoms with van der Waals surface area (Å²) in [5.41, 5.74) is 4.62. The van der Waals surface area contributed by atoms with Gasteiger partial charge in [0, 0.05) is 11.1 Å². The summed E-state index contributed by atoms with van der Waals surface area (Å²) in [6.07, 6.45) is 3.55. The van der Waals surface area contributed by atoms with Crippen LogP contribution in [-0.4, -0.2) is 16.6 Å². The number of para-hydroxylation sites is 1. The molecule has 2 aromatic rings. The largest absolute Gasteiger partial charge is 0.489 e. The lowest BCUT2D eigenvalue weighted by atomic mass is 9.96. The van der Waals surface area contributed by atoms with Crippen LogP contribution >= 0.6 is 0 Å². The van der Waals surface area contributed by atoms with Crippen LogP contribution < -0.4 is 4.74 Å². The zero-order valence-electron chi connectivity index (χ0n) is 9.03. The van der Waals surface area contributed by atoms with Crippen LogP contribution in [0.2, 0.25) is 0 Å². The van der Waals surface area contributed by atoms with E-state index in [1.165, 1.54) is 11.1 Å². The summed E-state index contributed by atoms with van der Waals surface area (Å²) >= 11 is 0. The topological polar surface area (TPSA) is 37.9 Å². The Morgan fingerprint density at radius 1 is 1.31 bits per heavy atom. The van der Waals surface area contributed by atoms with Gasteiger partial charge in [-0.15, -0.1) is 0 Å². The lowest BCUT2D eigenvalue weighted by molar-refractivity contribution is 0.346. The molecule has 0 saturated heterocycles. The van der Waals surface area contributed by atoms with Crippen molar-refractivity contribution in [2.75, 3.05) is 6.61 Å². The van der Waals surface area contributed by atoms with Crippen LogP contribution in [0.5, 0.6) is 5.75 Å². The summed E-state index contributed by atoms with van der Waals surface area (Å²) in [5.74, 6) is 0.942. The Hall–Kier alpha value is -2.03. The summed E-state index contributed by atoms with van der Waals surface area (Å²) in [5, 5.41) is 0. The Morgan fingerprint density at radius 3 is 3.00 bits per heavy atom. The van der Waals surface area contributed by atoms with Gasteiger partial charge >= 0.3 is 0 Å². The number of aromatic nitrogens is 2. The molecule has 0 radical (unpaired) electrons. The zero-order chi connectivity index (χ0) is 11.0. The number of imidazole rings is 1. The van der Waals surface area contributed by atoms with Crippen LogP contribution in [0.3, 0.4) is 0 Å². The highest BCUT2D eigenvalue weighted by atomic mass is 16.5. The highest BCUT2D eigenvalue weighted by Gasteiger charge is 2.19. The number of benzene rings is 1. The van der Waals surface area contributed by atoms with E-state index in [1.807, 2.05) is 24.4 Å². The number of nitrogens with one attached hydrogen (secondary N) is 1. The van der Waals surface area contributed by atoms with Crippen molar-refractivity contribution in [3.05, 3.63) is 53.6 Å². The molecular weight excluding hydrogens is 200 g/mol. The van der Waals surface area contributed by atoms with E-state index in [9.17, 15) is 0 Å². The van der Waals surface area contributed by atoms with Gasteiger partial charge in [-0.3, -0.25) is 0 Å². The first-order valence-electron chi connectivity index (χ1n) is 5.27. The Kier molecular flexibility index (Phi) is 2.03. The van der Waals surface area contributed by atoms with Gasteiger partial charge in [-0.1, -0.05) is 18.2 Å². The normalized spacial score (nSPS) is 14.6. The maximum absolute atomic E-state index is 5.67. The summed E-state index contributed by atoms with van der Waals surface area (Å²) in [6, 6.07) is 8.09. The average molecular weight is 212 g/mol. The summed E-state index contributed by atoms with van der Waals surface area (Å²) in [6.45, 7) is 2.73. The second-order valence-corrected chi connectivity index (χ2v) is 3.91. The first-order valence-corrected chi connectivity index (χ1v) is 5.27. The van der Waals surface area contributed by atoms with Gasteiger partial charge in [-0.05, 0) is 18.6 Å². The second kappa shape index (κ2) is 3.52. The van der Waals surface area contributed by atoms with Crippen molar-refractivity contribution in [2.24, 2.45) is 0 Å². The molecule has 3 nitrogen and oxygen atoms in total. The smallest absolute Gasteiger partial charge is 0.127 e. The van der Waals surface area contributed by atoms with Gasteiger partial charge < -0.3 is 9.72 Å². The molecule has 0 spiro atoms. The van der Waals surface area contributed by atoms with E-state index in [2.05, 4.69) is 23.0 Å². The lowest BCUT2D eigenvalue weighted by Gasteiger charge is -2.21. The molecule has 0 unspecified atom stereocenters. The molecule has 1 aromatic heterocycles. The maximum atomic E-state index is 5.67. The maximum Gasteiger partial charge on any atom is 0.127 e. The molecule has 3 rings (SSSR count). The minimum absolute atomic E-state index is 0.644. The van der Waals surface area contributed by atoms with Gasteiger partial charge in [0.25, 0.3) is 0 Å². The molecule has 0 atom stereocenters. The summed E-state index contributed by atoms with van der Waals surface area (Å²) < 4.78 is 5.67. The SMILES string of the molecule is CC1=C(c2cnc[nH]2)c2ccccc2OC1. The Morgan fingerprint density at radius 2 is 2.19 bits per heavy atom. The molecule has 0 saturated carbocycles. The van der Waals surface area contributed by atoms with Crippen LogP contribution in [0.25, 0.3) is 5.57 Å². The summed E-state index contributed by atoms with van der Waals surface area (Å²) in [4.78, 5) is 7.23. The molecular formula is C13H12N2O. The fraction of sp³-hybridized carbons (Fsp3) is 0.154. The molecule has 0 bridgehead atoms. The number of aromatic amines is 1. The van der Waals surface area contributed by atoms with E-state index in [-0.39, 0.29) is 0 Å². The van der Waals surface area contributed by atoms with E-state index >= 15 is 0 Å². The standard InChI is InChI=1S/C13H12N2O/c1-9-7-16-12-5-3-2-4-10(12)13(9)11-6-14-8-15-11/h2-6,8H,7H2,1H3,(H,14,15). The van der Waals surface area contributed by atoms with E-state index in [1.54, 1.807) is 6.33 Å². The van der Waals surface area contributed by atoms with Crippen molar-refractivity contribution < 1.29 is 4.74 Å². The van der Waals surface area contributed by atoms with Crippen LogP contribution in [0.4, 0.5) is 0 Å². The van der Waals surface area contributed by atoms with Crippen molar-refractivity contribution in [1.29, 1.82) is 0 Å². The van der Waals surface area contributed by atoms with E-state index in [4.69, 9.17) is 4.74 Å². The van der Waals surface area contributed by atoms with E-state index in [0.29, 0.717) is 6.61 Å². The highest BCUT2D eigenvalue weighted by molar-refractivity contribution is 5.84. The monoisotopic (exact) mass is 212 g/mol. The molecule has 1 aliphatic heterocycles. The number of nitrogens with zero attached hydrogens (tertiary/aromatic N) is 1. The predicted molar refractivity (Wildman–Crippen MR) is 62.2 cm³/mol. The van der Waals surface area contributed by atoms with Crippen LogP contribution in [0, 0.1) is 0 Å². The molecule has 2 heterocycles. The fourth-order valence-corrected chi connectivity index (χ4v) is 2.05. The Bertz CT molecular complexity index is 541. The fourth-order valence-electron chi connectivity index (χ4n) is 2.05. The van der Waals surface area contributed by atoms with Crippen LogP contribution in [-0.2, 0) is 0 Å². The van der Waals surface area contributed by atoms with Gasteiger partial charge in [0.15, 0.2) is 0 Å². The molecule has 80 valence electrons. The highest BCUT2D eigenvalue weighted by Crippen LogP contribution is 2.35. The lowest BCUT2D eigenvalue weighted by Crippen LogP contribution is -2.10. The minimum Gasteiger partial charge on any atom is -0.489 e. The van der Waals surface area contributed by atoms with Crippen molar-refractivity contribution >= 4 is 5.57 Å². The molecule has 16 heavy (non-hydrogen) atoms. The zero-order valence-corrected chi connectivity index (χ0v) is 9.03. The Balaban J connectivity index is 2.22. The third kappa shape index (κ3) is 1.33. The minimum atomic E-state index is 0.644. The van der Waals surface area contributed by atoms with Crippen molar-refractivity contribution in [1.82, 2.24) is 9.97 Å². The van der Waals surface area contributed by atoms with Crippen LogP contribution in [0.15, 0.2) is 42.4 Å². The summed E-state index contributed by atoms with van der Waals surface area (Å²) in [7, 11) is 0. The third-order valence-electron chi connectivity index (χ3n) is 2.79. The first-order chi connectivity index (χ1) is 7.86. The van der Waals surface area contributed by atoms with Gasteiger partial charge in [0.2, 0.25) is 0 Å². The molecule has 0 fully saturated rings. The molecule has 1 aromatic carbocycles.